The van der Waals surface area contributed by atoms with Gasteiger partial charge in [-0.3, -0.25) is 14.2 Å². The van der Waals surface area contributed by atoms with Gasteiger partial charge in [0.1, 0.15) is 4.70 Å². The number of anilines is 1. The van der Waals surface area contributed by atoms with Crippen LogP contribution < -0.4 is 10.9 Å². The molecule has 2 aromatic heterocycles. The molecule has 1 N–H and O–H groups in total. The summed E-state index contributed by atoms with van der Waals surface area (Å²) in [7, 11) is 0. The topological polar surface area (TPSA) is 64.0 Å². The molecule has 0 aliphatic rings. The Morgan fingerprint density at radius 3 is 2.76 bits per heavy atom. The number of aryl methyl sites for hydroxylation is 1. The number of nitrogens with zero attached hydrogens (tertiary/aromatic N) is 2. The molecule has 146 valence electrons. The summed E-state index contributed by atoms with van der Waals surface area (Å²) >= 11 is 2.67. The van der Waals surface area contributed by atoms with Crippen molar-refractivity contribution in [3.05, 3.63) is 87.5 Å². The van der Waals surface area contributed by atoms with Gasteiger partial charge in [-0.05, 0) is 41.6 Å². The molecule has 0 saturated heterocycles. The van der Waals surface area contributed by atoms with Crippen molar-refractivity contribution in [1.29, 1.82) is 0 Å². The number of nitrogens with one attached hydrogen (secondary N) is 1. The number of thioether (sulfide) groups is 1. The van der Waals surface area contributed by atoms with Crippen molar-refractivity contribution in [2.45, 2.75) is 18.6 Å². The first-order valence-electron chi connectivity index (χ1n) is 9.11. The lowest BCUT2D eigenvalue weighted by atomic mass is 10.2. The number of rotatable bonds is 6. The minimum Gasteiger partial charge on any atom is -0.325 e. The molecule has 0 unspecified atom stereocenters. The SMILES string of the molecule is Cc1cccc(NC(=O)CSc2nc3ccsc3c(=O)n2Cc2ccccc2)c1. The first kappa shape index (κ1) is 19.4. The van der Waals surface area contributed by atoms with Gasteiger partial charge < -0.3 is 5.32 Å². The van der Waals surface area contributed by atoms with E-state index in [4.69, 9.17) is 0 Å². The van der Waals surface area contributed by atoms with Crippen molar-refractivity contribution in [3.8, 4) is 0 Å². The predicted molar refractivity (Wildman–Crippen MR) is 120 cm³/mol. The first-order valence-corrected chi connectivity index (χ1v) is 11.0. The maximum absolute atomic E-state index is 13.0. The third kappa shape index (κ3) is 4.58. The molecule has 1 amide bonds. The summed E-state index contributed by atoms with van der Waals surface area (Å²) in [5.74, 6) is 0.0386. The van der Waals surface area contributed by atoms with E-state index in [1.165, 1.54) is 23.1 Å². The van der Waals surface area contributed by atoms with Crippen molar-refractivity contribution in [2.75, 3.05) is 11.1 Å². The number of amides is 1. The molecule has 7 heteroatoms. The van der Waals surface area contributed by atoms with Gasteiger partial charge in [0.2, 0.25) is 5.91 Å². The zero-order chi connectivity index (χ0) is 20.2. The Morgan fingerprint density at radius 2 is 1.97 bits per heavy atom. The normalized spacial score (nSPS) is 10.9. The van der Waals surface area contributed by atoms with Gasteiger partial charge in [-0.15, -0.1) is 11.3 Å². The van der Waals surface area contributed by atoms with Gasteiger partial charge in [0, 0.05) is 5.69 Å². The maximum atomic E-state index is 13.0. The highest BCUT2D eigenvalue weighted by Gasteiger charge is 2.15. The summed E-state index contributed by atoms with van der Waals surface area (Å²) in [6.07, 6.45) is 0. The molecule has 5 nitrogen and oxygen atoms in total. The average molecular weight is 422 g/mol. The van der Waals surface area contributed by atoms with Crippen LogP contribution in [0.1, 0.15) is 11.1 Å². The average Bonchev–Trinajstić information content (AvgIpc) is 3.18. The van der Waals surface area contributed by atoms with Crippen LogP contribution in [0.15, 0.2) is 76.0 Å². The van der Waals surface area contributed by atoms with Crippen molar-refractivity contribution in [1.82, 2.24) is 9.55 Å². The predicted octanol–water partition coefficient (Wildman–Crippen LogP) is 4.55. The summed E-state index contributed by atoms with van der Waals surface area (Å²) in [5, 5.41) is 5.31. The molecule has 0 radical (unpaired) electrons. The minimum atomic E-state index is -0.133. The van der Waals surface area contributed by atoms with E-state index in [0.717, 1.165) is 16.8 Å². The second-order valence-electron chi connectivity index (χ2n) is 6.61. The van der Waals surface area contributed by atoms with E-state index in [0.29, 0.717) is 21.9 Å². The van der Waals surface area contributed by atoms with Gasteiger partial charge in [-0.1, -0.05) is 54.2 Å². The molecule has 2 aromatic carbocycles. The lowest BCUT2D eigenvalue weighted by Gasteiger charge is -2.12. The third-order valence-corrected chi connectivity index (χ3v) is 6.22. The van der Waals surface area contributed by atoms with Crippen LogP contribution >= 0.6 is 23.1 Å². The molecule has 4 rings (SSSR count). The zero-order valence-electron chi connectivity index (χ0n) is 15.8. The summed E-state index contributed by atoms with van der Waals surface area (Å²) < 4.78 is 2.29. The first-order chi connectivity index (χ1) is 14.1. The molecule has 0 aliphatic carbocycles. The van der Waals surface area contributed by atoms with Crippen LogP contribution in [-0.4, -0.2) is 21.2 Å². The molecule has 0 bridgehead atoms. The highest BCUT2D eigenvalue weighted by atomic mass is 32.2. The molecule has 0 saturated carbocycles. The smallest absolute Gasteiger partial charge is 0.272 e. The van der Waals surface area contributed by atoms with E-state index in [2.05, 4.69) is 10.3 Å². The third-order valence-electron chi connectivity index (χ3n) is 4.35. The van der Waals surface area contributed by atoms with Crippen LogP contribution in [0.5, 0.6) is 0 Å². The molecular formula is C22H19N3O2S2. The Kier molecular flexibility index (Phi) is 5.78. The largest absolute Gasteiger partial charge is 0.325 e. The molecular weight excluding hydrogens is 402 g/mol. The summed E-state index contributed by atoms with van der Waals surface area (Å²) in [5.41, 5.74) is 3.45. The monoisotopic (exact) mass is 421 g/mol. The van der Waals surface area contributed by atoms with Gasteiger partial charge in [-0.2, -0.15) is 0 Å². The number of aromatic nitrogens is 2. The molecule has 4 aromatic rings. The summed E-state index contributed by atoms with van der Waals surface area (Å²) in [4.78, 5) is 30.1. The lowest BCUT2D eigenvalue weighted by molar-refractivity contribution is -0.113. The van der Waals surface area contributed by atoms with Gasteiger partial charge >= 0.3 is 0 Å². The molecule has 0 atom stereocenters. The summed E-state index contributed by atoms with van der Waals surface area (Å²) in [6.45, 7) is 2.40. The maximum Gasteiger partial charge on any atom is 0.272 e. The number of hydrogen-bond acceptors (Lipinski definition) is 5. The molecule has 0 spiro atoms. The van der Waals surface area contributed by atoms with E-state index in [1.807, 2.05) is 73.0 Å². The number of benzene rings is 2. The number of carbonyl (C=O) groups excluding carboxylic acids is 1. The van der Waals surface area contributed by atoms with Crippen molar-refractivity contribution in [3.63, 3.8) is 0 Å². The van der Waals surface area contributed by atoms with Crippen LogP contribution in [0.4, 0.5) is 5.69 Å². The van der Waals surface area contributed by atoms with Crippen LogP contribution in [0.25, 0.3) is 10.2 Å². The van der Waals surface area contributed by atoms with Crippen molar-refractivity contribution >= 4 is 44.9 Å². The van der Waals surface area contributed by atoms with Crippen molar-refractivity contribution < 1.29 is 4.79 Å². The molecule has 2 heterocycles. The highest BCUT2D eigenvalue weighted by molar-refractivity contribution is 7.99. The van der Waals surface area contributed by atoms with Gasteiger partial charge in [0.15, 0.2) is 5.16 Å². The number of thiophene rings is 1. The second-order valence-corrected chi connectivity index (χ2v) is 8.47. The molecule has 29 heavy (non-hydrogen) atoms. The Hall–Kier alpha value is -2.90. The Balaban J connectivity index is 1.58. The van der Waals surface area contributed by atoms with Crippen LogP contribution in [-0.2, 0) is 11.3 Å². The highest BCUT2D eigenvalue weighted by Crippen LogP contribution is 2.22. The van der Waals surface area contributed by atoms with Crippen LogP contribution in [0, 0.1) is 6.92 Å². The van der Waals surface area contributed by atoms with E-state index >= 15 is 0 Å². The summed E-state index contributed by atoms with van der Waals surface area (Å²) in [6, 6.07) is 19.3. The minimum absolute atomic E-state index is 0.0737. The van der Waals surface area contributed by atoms with E-state index < -0.39 is 0 Å². The molecule has 0 aliphatic heterocycles. The van der Waals surface area contributed by atoms with E-state index in [1.54, 1.807) is 4.57 Å². The number of hydrogen-bond donors (Lipinski definition) is 1. The fourth-order valence-corrected chi connectivity index (χ4v) is 4.57. The van der Waals surface area contributed by atoms with Gasteiger partial charge in [0.25, 0.3) is 5.56 Å². The number of fused-ring (bicyclic) bond motifs is 1. The van der Waals surface area contributed by atoms with Crippen molar-refractivity contribution in [2.24, 2.45) is 0 Å². The van der Waals surface area contributed by atoms with Gasteiger partial charge in [-0.25, -0.2) is 4.98 Å². The zero-order valence-corrected chi connectivity index (χ0v) is 17.4. The van der Waals surface area contributed by atoms with E-state index in [9.17, 15) is 9.59 Å². The fraction of sp³-hybridized carbons (Fsp3) is 0.136. The standard InChI is InChI=1S/C22H19N3O2S2/c1-15-6-5-9-17(12-15)23-19(26)14-29-22-24-18-10-11-28-20(18)21(27)25(22)13-16-7-3-2-4-8-16/h2-12H,13-14H2,1H3,(H,23,26). The lowest BCUT2D eigenvalue weighted by Crippen LogP contribution is -2.24. The van der Waals surface area contributed by atoms with Crippen LogP contribution in [0.2, 0.25) is 0 Å². The van der Waals surface area contributed by atoms with Crippen LogP contribution in [0.3, 0.4) is 0 Å². The fourth-order valence-electron chi connectivity index (χ4n) is 2.99. The Bertz CT molecular complexity index is 1220. The second kappa shape index (κ2) is 8.63. The molecule has 0 fully saturated rings. The Morgan fingerprint density at radius 1 is 1.14 bits per heavy atom. The quantitative estimate of drug-likeness (QED) is 0.367. The Labute approximate surface area is 176 Å². The number of carbonyl (C=O) groups is 1. The van der Waals surface area contributed by atoms with Gasteiger partial charge in [0.05, 0.1) is 17.8 Å². The van der Waals surface area contributed by atoms with E-state index in [-0.39, 0.29) is 17.2 Å².